The Morgan fingerprint density at radius 1 is 0.413 bits per heavy atom. The molecule has 1 heteroatoms. The third-order valence-corrected chi connectivity index (χ3v) is 13.5. The van der Waals surface area contributed by atoms with Crippen molar-refractivity contribution in [3.8, 4) is 44.5 Å². The van der Waals surface area contributed by atoms with Crippen molar-refractivity contribution in [1.29, 1.82) is 0 Å². The molecule has 63 heavy (non-hydrogen) atoms. The lowest BCUT2D eigenvalue weighted by Gasteiger charge is -2.46. The first-order valence-corrected chi connectivity index (χ1v) is 22.1. The Labute approximate surface area is 371 Å². The molecule has 11 rings (SSSR count). The van der Waals surface area contributed by atoms with Crippen molar-refractivity contribution in [3.05, 3.63) is 281 Å². The Bertz CT molecular complexity index is 3120. The molecule has 0 fully saturated rings. The van der Waals surface area contributed by atoms with Gasteiger partial charge >= 0.3 is 0 Å². The van der Waals surface area contributed by atoms with Gasteiger partial charge in [0.05, 0.1) is 11.1 Å². The molecule has 0 heterocycles. The standard InChI is InChI=1S/C62H47N/c1-61(2)54-24-12-14-26-56(54)62(57-27-15-13-25-55(57)61)53-39-38-50(48-36-34-47(35-37-48)46-32-30-45(31-33-46)44-19-8-4-9-20-44)41-52(53)60-51(23-16-28-58(60)62)42-63-59(49-21-10-5-11-22-49)40-29-43-17-6-3-7-18-43/h3-28,30-42H,29H2,1-2H3/b59-40-,63-42?. The number of benzene rings is 9. The zero-order valence-corrected chi connectivity index (χ0v) is 35.7. The molecule has 9 aromatic rings. The average molecular weight is 806 g/mol. The summed E-state index contributed by atoms with van der Waals surface area (Å²) in [6, 6.07) is 82.1. The van der Waals surface area contributed by atoms with Gasteiger partial charge in [-0.3, -0.25) is 4.99 Å². The lowest BCUT2D eigenvalue weighted by Crippen LogP contribution is -2.40. The fourth-order valence-electron chi connectivity index (χ4n) is 10.4. The Balaban J connectivity index is 1.07. The van der Waals surface area contributed by atoms with E-state index in [0.717, 1.165) is 23.2 Å². The highest BCUT2D eigenvalue weighted by Crippen LogP contribution is 2.62. The second-order valence-corrected chi connectivity index (χ2v) is 17.4. The predicted molar refractivity (Wildman–Crippen MR) is 264 cm³/mol. The monoisotopic (exact) mass is 805 g/mol. The molecular weight excluding hydrogens is 759 g/mol. The molecule has 9 aromatic carbocycles. The zero-order chi connectivity index (χ0) is 42.4. The van der Waals surface area contributed by atoms with E-state index in [0.29, 0.717) is 0 Å². The largest absolute Gasteiger partial charge is 0.256 e. The van der Waals surface area contributed by atoms with Gasteiger partial charge in [-0.25, -0.2) is 0 Å². The molecular formula is C62H47N. The van der Waals surface area contributed by atoms with E-state index in [4.69, 9.17) is 4.99 Å². The fraction of sp³-hybridized carbons (Fsp3) is 0.0806. The van der Waals surface area contributed by atoms with Crippen molar-refractivity contribution in [2.24, 2.45) is 4.99 Å². The molecule has 2 aliphatic carbocycles. The normalized spacial score (nSPS) is 14.2. The first-order chi connectivity index (χ1) is 31.0. The first-order valence-electron chi connectivity index (χ1n) is 22.1. The smallest absolute Gasteiger partial charge is 0.0719 e. The van der Waals surface area contributed by atoms with Crippen molar-refractivity contribution in [2.75, 3.05) is 0 Å². The Morgan fingerprint density at radius 2 is 0.873 bits per heavy atom. The maximum absolute atomic E-state index is 5.35. The summed E-state index contributed by atoms with van der Waals surface area (Å²) in [6.07, 6.45) is 5.17. The van der Waals surface area contributed by atoms with Crippen LogP contribution in [0.3, 0.4) is 0 Å². The average Bonchev–Trinajstić information content (AvgIpc) is 3.65. The van der Waals surface area contributed by atoms with E-state index in [9.17, 15) is 0 Å². The summed E-state index contributed by atoms with van der Waals surface area (Å²) in [5, 5.41) is 0. The summed E-state index contributed by atoms with van der Waals surface area (Å²) >= 11 is 0. The van der Waals surface area contributed by atoms with Crippen molar-refractivity contribution < 1.29 is 0 Å². The van der Waals surface area contributed by atoms with Crippen LogP contribution in [0, 0.1) is 0 Å². The molecule has 0 bridgehead atoms. The van der Waals surface area contributed by atoms with Crippen LogP contribution in [0.5, 0.6) is 0 Å². The molecule has 0 amide bonds. The molecule has 0 N–H and O–H groups in total. The molecule has 1 spiro atoms. The molecule has 0 aromatic heterocycles. The van der Waals surface area contributed by atoms with Crippen LogP contribution in [-0.4, -0.2) is 6.21 Å². The van der Waals surface area contributed by atoms with Gasteiger partial charge in [0.25, 0.3) is 0 Å². The van der Waals surface area contributed by atoms with Gasteiger partial charge in [-0.1, -0.05) is 238 Å². The van der Waals surface area contributed by atoms with Gasteiger partial charge in [-0.15, -0.1) is 0 Å². The second kappa shape index (κ2) is 15.7. The van der Waals surface area contributed by atoms with E-state index < -0.39 is 5.41 Å². The van der Waals surface area contributed by atoms with Gasteiger partial charge in [0.15, 0.2) is 0 Å². The lowest BCUT2D eigenvalue weighted by molar-refractivity contribution is 0.563. The van der Waals surface area contributed by atoms with Crippen LogP contribution in [0.1, 0.15) is 63.9 Å². The van der Waals surface area contributed by atoms with E-state index in [1.54, 1.807) is 0 Å². The van der Waals surface area contributed by atoms with Gasteiger partial charge in [0.2, 0.25) is 0 Å². The molecule has 0 saturated carbocycles. The first kappa shape index (κ1) is 38.3. The van der Waals surface area contributed by atoms with Crippen LogP contribution in [0.4, 0.5) is 0 Å². The van der Waals surface area contributed by atoms with Crippen molar-refractivity contribution >= 4 is 11.9 Å². The number of nitrogens with zero attached hydrogens (tertiary/aromatic N) is 1. The minimum Gasteiger partial charge on any atom is -0.256 e. The van der Waals surface area contributed by atoms with Gasteiger partial charge in [-0.2, -0.15) is 0 Å². The minimum absolute atomic E-state index is 0.169. The summed E-state index contributed by atoms with van der Waals surface area (Å²) in [4.78, 5) is 5.35. The summed E-state index contributed by atoms with van der Waals surface area (Å²) in [6.45, 7) is 4.77. The zero-order valence-electron chi connectivity index (χ0n) is 35.7. The number of hydrogen-bond acceptors (Lipinski definition) is 1. The lowest BCUT2D eigenvalue weighted by atomic mass is 9.55. The van der Waals surface area contributed by atoms with Gasteiger partial charge < -0.3 is 0 Å². The summed E-state index contributed by atoms with van der Waals surface area (Å²) in [5.74, 6) is 0. The van der Waals surface area contributed by atoms with E-state index in [1.165, 1.54) is 83.5 Å². The molecule has 300 valence electrons. The van der Waals surface area contributed by atoms with E-state index in [1.807, 2.05) is 0 Å². The molecule has 1 nitrogen and oxygen atoms in total. The highest BCUT2D eigenvalue weighted by molar-refractivity contribution is 6.01. The van der Waals surface area contributed by atoms with Gasteiger partial charge in [-0.05, 0) is 102 Å². The van der Waals surface area contributed by atoms with Crippen molar-refractivity contribution in [2.45, 2.75) is 31.1 Å². The Hall–Kier alpha value is -7.61. The second-order valence-electron chi connectivity index (χ2n) is 17.4. The van der Waals surface area contributed by atoms with Crippen molar-refractivity contribution in [3.63, 3.8) is 0 Å². The van der Waals surface area contributed by atoms with Crippen molar-refractivity contribution in [1.82, 2.24) is 0 Å². The number of rotatable bonds is 8. The maximum atomic E-state index is 5.35. The van der Waals surface area contributed by atoms with Crippen LogP contribution in [-0.2, 0) is 17.3 Å². The number of allylic oxidation sites excluding steroid dienone is 1. The minimum atomic E-state index is -0.503. The van der Waals surface area contributed by atoms with E-state index >= 15 is 0 Å². The Kier molecular flexibility index (Phi) is 9.55. The highest BCUT2D eigenvalue weighted by atomic mass is 14.7. The highest BCUT2D eigenvalue weighted by Gasteiger charge is 2.53. The number of aliphatic imine (C=N–C) groups is 1. The summed E-state index contributed by atoms with van der Waals surface area (Å²) in [7, 11) is 0. The SMILES string of the molecule is CC1(C)c2ccccc2C2(c3ccc(-c4ccc(-c5ccc(-c6ccccc6)cc5)cc4)cc3-c3c(C=N/C(=C\Cc4ccccc4)c4ccccc4)cccc32)c2ccccc21. The van der Waals surface area contributed by atoms with Crippen LogP contribution >= 0.6 is 0 Å². The van der Waals surface area contributed by atoms with Crippen LogP contribution in [0.2, 0.25) is 0 Å². The third-order valence-electron chi connectivity index (χ3n) is 13.5. The summed E-state index contributed by atoms with van der Waals surface area (Å²) < 4.78 is 0. The number of hydrogen-bond donors (Lipinski definition) is 0. The molecule has 2 aliphatic rings. The fourth-order valence-corrected chi connectivity index (χ4v) is 10.4. The summed E-state index contributed by atoms with van der Waals surface area (Å²) in [5.41, 5.74) is 21.6. The molecule has 0 aliphatic heterocycles. The van der Waals surface area contributed by atoms with Crippen LogP contribution in [0.15, 0.2) is 236 Å². The van der Waals surface area contributed by atoms with Crippen LogP contribution < -0.4 is 0 Å². The molecule has 0 atom stereocenters. The number of fused-ring (bicyclic) bond motifs is 9. The molecule has 0 unspecified atom stereocenters. The Morgan fingerprint density at radius 3 is 1.46 bits per heavy atom. The van der Waals surface area contributed by atoms with E-state index in [-0.39, 0.29) is 5.41 Å². The van der Waals surface area contributed by atoms with Gasteiger partial charge in [0, 0.05) is 17.2 Å². The third kappa shape index (κ3) is 6.51. The maximum Gasteiger partial charge on any atom is 0.0719 e. The topological polar surface area (TPSA) is 12.4 Å². The molecule has 0 radical (unpaired) electrons. The van der Waals surface area contributed by atoms with Gasteiger partial charge in [0.1, 0.15) is 0 Å². The van der Waals surface area contributed by atoms with E-state index in [2.05, 4.69) is 251 Å². The predicted octanol–water partition coefficient (Wildman–Crippen LogP) is 15.4. The van der Waals surface area contributed by atoms with Crippen LogP contribution in [0.25, 0.3) is 50.2 Å². The quantitative estimate of drug-likeness (QED) is 0.136. The molecule has 0 saturated heterocycles.